The zero-order valence-electron chi connectivity index (χ0n) is 14.1. The summed E-state index contributed by atoms with van der Waals surface area (Å²) in [5.41, 5.74) is 2.31. The Balaban J connectivity index is 1.84. The van der Waals surface area contributed by atoms with E-state index in [-0.39, 0.29) is 17.5 Å². The van der Waals surface area contributed by atoms with Crippen LogP contribution in [0, 0.1) is 10.1 Å². The van der Waals surface area contributed by atoms with Crippen LogP contribution in [0.1, 0.15) is 11.1 Å². The third-order valence-corrected chi connectivity index (χ3v) is 4.28. The Kier molecular flexibility index (Phi) is 4.79. The molecular formula is C19H17N3O4. The van der Waals surface area contributed by atoms with Crippen molar-refractivity contribution in [3.8, 4) is 0 Å². The van der Waals surface area contributed by atoms with E-state index in [1.54, 1.807) is 25.3 Å². The van der Waals surface area contributed by atoms with Gasteiger partial charge in [-0.3, -0.25) is 24.6 Å². The van der Waals surface area contributed by atoms with E-state index in [2.05, 4.69) is 5.32 Å². The number of carbonyl (C=O) groups is 2. The third kappa shape index (κ3) is 3.32. The number of benzene rings is 2. The molecule has 1 N–H and O–H groups in total. The third-order valence-electron chi connectivity index (χ3n) is 4.28. The number of hydrogen-bond donors (Lipinski definition) is 1. The highest BCUT2D eigenvalue weighted by atomic mass is 16.6. The first-order valence-corrected chi connectivity index (χ1v) is 8.06. The van der Waals surface area contributed by atoms with E-state index in [1.165, 1.54) is 23.1 Å². The van der Waals surface area contributed by atoms with Crippen molar-refractivity contribution in [1.29, 1.82) is 0 Å². The fourth-order valence-corrected chi connectivity index (χ4v) is 2.99. The molecule has 0 bridgehead atoms. The van der Waals surface area contributed by atoms with E-state index < -0.39 is 11.0 Å². The smallest absolute Gasteiger partial charge is 0.269 e. The topological polar surface area (TPSA) is 92.6 Å². The molecule has 2 aromatic rings. The van der Waals surface area contributed by atoms with Gasteiger partial charge in [-0.1, -0.05) is 18.2 Å². The molecule has 132 valence electrons. The Morgan fingerprint density at radius 1 is 1.19 bits per heavy atom. The summed E-state index contributed by atoms with van der Waals surface area (Å²) < 4.78 is 0. The van der Waals surface area contributed by atoms with Crippen LogP contribution >= 0.6 is 0 Å². The van der Waals surface area contributed by atoms with E-state index in [9.17, 15) is 19.7 Å². The van der Waals surface area contributed by atoms with Gasteiger partial charge in [-0.25, -0.2) is 0 Å². The maximum absolute atomic E-state index is 12.7. The van der Waals surface area contributed by atoms with Gasteiger partial charge < -0.3 is 5.32 Å². The molecule has 26 heavy (non-hydrogen) atoms. The summed E-state index contributed by atoms with van der Waals surface area (Å²) in [6.45, 7) is 0. The standard InChI is InChI=1S/C19H17N3O4/c1-20-19(24)17-12-14-4-2-3-5-16(14)21(17)18(23)11-8-13-6-9-15(10-7-13)22(25)26/h2-11,17H,12H2,1H3,(H,20,24)/b11-8-/t17-/m1/s1. The number of rotatable bonds is 4. The SMILES string of the molecule is CNC(=O)[C@H]1Cc2ccccc2N1C(=O)/C=C\c1ccc([N+](=O)[O-])cc1. The predicted octanol–water partition coefficient (Wildman–Crippen LogP) is 2.31. The highest BCUT2D eigenvalue weighted by molar-refractivity contribution is 6.09. The molecule has 0 aliphatic carbocycles. The lowest BCUT2D eigenvalue weighted by Gasteiger charge is -2.23. The first-order valence-electron chi connectivity index (χ1n) is 8.06. The molecule has 0 spiro atoms. The average Bonchev–Trinajstić information content (AvgIpc) is 3.05. The van der Waals surface area contributed by atoms with E-state index in [4.69, 9.17) is 0 Å². The van der Waals surface area contributed by atoms with Crippen molar-refractivity contribution in [2.45, 2.75) is 12.5 Å². The molecule has 0 aromatic heterocycles. The van der Waals surface area contributed by atoms with Crippen molar-refractivity contribution in [2.24, 2.45) is 0 Å². The zero-order chi connectivity index (χ0) is 18.7. The van der Waals surface area contributed by atoms with Gasteiger partial charge in [-0.05, 0) is 35.4 Å². The molecule has 0 fully saturated rings. The molecule has 3 rings (SSSR count). The predicted molar refractivity (Wildman–Crippen MR) is 97.6 cm³/mol. The van der Waals surface area contributed by atoms with Gasteiger partial charge in [-0.2, -0.15) is 0 Å². The molecule has 0 saturated carbocycles. The molecule has 0 radical (unpaired) electrons. The molecular weight excluding hydrogens is 334 g/mol. The van der Waals surface area contributed by atoms with E-state index in [0.717, 1.165) is 11.3 Å². The number of nitrogens with zero attached hydrogens (tertiary/aromatic N) is 2. The van der Waals surface area contributed by atoms with Gasteiger partial charge in [0, 0.05) is 37.4 Å². The molecule has 1 aliphatic heterocycles. The normalized spacial score (nSPS) is 15.7. The Bertz CT molecular complexity index is 890. The second-order valence-electron chi connectivity index (χ2n) is 5.85. The minimum Gasteiger partial charge on any atom is -0.357 e. The maximum Gasteiger partial charge on any atom is 0.269 e. The number of nitrogens with one attached hydrogen (secondary N) is 1. The number of carbonyl (C=O) groups excluding carboxylic acids is 2. The van der Waals surface area contributed by atoms with Crippen LogP contribution in [0.2, 0.25) is 0 Å². The quantitative estimate of drug-likeness (QED) is 0.520. The number of para-hydroxylation sites is 1. The van der Waals surface area contributed by atoms with Crippen LogP contribution in [0.5, 0.6) is 0 Å². The molecule has 1 heterocycles. The number of likely N-dealkylation sites (N-methyl/N-ethyl adjacent to an activating group) is 1. The lowest BCUT2D eigenvalue weighted by atomic mass is 10.1. The first kappa shape index (κ1) is 17.3. The van der Waals surface area contributed by atoms with E-state index in [0.29, 0.717) is 12.0 Å². The Hall–Kier alpha value is -3.48. The number of non-ortho nitro benzene ring substituents is 1. The number of nitro groups is 1. The van der Waals surface area contributed by atoms with Crippen molar-refractivity contribution in [3.05, 3.63) is 75.8 Å². The molecule has 7 nitrogen and oxygen atoms in total. The molecule has 7 heteroatoms. The Morgan fingerprint density at radius 3 is 2.54 bits per heavy atom. The van der Waals surface area contributed by atoms with Gasteiger partial charge in [-0.15, -0.1) is 0 Å². The number of hydrogen-bond acceptors (Lipinski definition) is 4. The summed E-state index contributed by atoms with van der Waals surface area (Å²) in [7, 11) is 1.54. The van der Waals surface area contributed by atoms with Crippen molar-refractivity contribution >= 4 is 29.3 Å². The Morgan fingerprint density at radius 2 is 1.88 bits per heavy atom. The van der Waals surface area contributed by atoms with Crippen LogP contribution in [-0.2, 0) is 16.0 Å². The van der Waals surface area contributed by atoms with Gasteiger partial charge in [0.1, 0.15) is 6.04 Å². The van der Waals surface area contributed by atoms with Gasteiger partial charge in [0.25, 0.3) is 11.6 Å². The summed E-state index contributed by atoms with van der Waals surface area (Å²) in [6.07, 6.45) is 3.42. The fraction of sp³-hybridized carbons (Fsp3) is 0.158. The maximum atomic E-state index is 12.7. The minimum absolute atomic E-state index is 0.0124. The van der Waals surface area contributed by atoms with Crippen LogP contribution in [-0.4, -0.2) is 29.8 Å². The van der Waals surface area contributed by atoms with Gasteiger partial charge in [0.2, 0.25) is 5.91 Å². The summed E-state index contributed by atoms with van der Waals surface area (Å²) in [5, 5.41) is 13.3. The minimum atomic E-state index is -0.591. The van der Waals surface area contributed by atoms with E-state index in [1.807, 2.05) is 24.3 Å². The highest BCUT2D eigenvalue weighted by Gasteiger charge is 2.36. The lowest BCUT2D eigenvalue weighted by Crippen LogP contribution is -2.46. The summed E-state index contributed by atoms with van der Waals surface area (Å²) in [6, 6.07) is 12.7. The summed E-state index contributed by atoms with van der Waals surface area (Å²) in [5.74, 6) is -0.541. The van der Waals surface area contributed by atoms with Crippen LogP contribution in [0.25, 0.3) is 6.08 Å². The number of fused-ring (bicyclic) bond motifs is 1. The van der Waals surface area contributed by atoms with Crippen LogP contribution in [0.15, 0.2) is 54.6 Å². The number of nitro benzene ring substituents is 1. The largest absolute Gasteiger partial charge is 0.357 e. The fourth-order valence-electron chi connectivity index (χ4n) is 2.99. The first-order chi connectivity index (χ1) is 12.5. The van der Waals surface area contributed by atoms with Gasteiger partial charge >= 0.3 is 0 Å². The molecule has 1 atom stereocenters. The molecule has 1 aliphatic rings. The second-order valence-corrected chi connectivity index (χ2v) is 5.85. The van der Waals surface area contributed by atoms with Gasteiger partial charge in [0.15, 0.2) is 0 Å². The van der Waals surface area contributed by atoms with Crippen molar-refractivity contribution in [3.63, 3.8) is 0 Å². The highest BCUT2D eigenvalue weighted by Crippen LogP contribution is 2.32. The van der Waals surface area contributed by atoms with Gasteiger partial charge in [0.05, 0.1) is 4.92 Å². The zero-order valence-corrected chi connectivity index (χ0v) is 14.1. The van der Waals surface area contributed by atoms with Crippen molar-refractivity contribution in [1.82, 2.24) is 5.32 Å². The van der Waals surface area contributed by atoms with Crippen LogP contribution in [0.3, 0.4) is 0 Å². The van der Waals surface area contributed by atoms with Crippen LogP contribution < -0.4 is 10.2 Å². The average molecular weight is 351 g/mol. The molecule has 0 unspecified atom stereocenters. The summed E-state index contributed by atoms with van der Waals surface area (Å²) >= 11 is 0. The van der Waals surface area contributed by atoms with E-state index >= 15 is 0 Å². The second kappa shape index (κ2) is 7.18. The number of amides is 2. The molecule has 2 amide bonds. The lowest BCUT2D eigenvalue weighted by molar-refractivity contribution is -0.384. The monoisotopic (exact) mass is 351 g/mol. The van der Waals surface area contributed by atoms with Crippen molar-refractivity contribution < 1.29 is 14.5 Å². The molecule has 2 aromatic carbocycles. The van der Waals surface area contributed by atoms with Crippen molar-refractivity contribution in [2.75, 3.05) is 11.9 Å². The Labute approximate surface area is 150 Å². The van der Waals surface area contributed by atoms with Crippen LogP contribution in [0.4, 0.5) is 11.4 Å². The number of anilines is 1. The molecule has 0 saturated heterocycles. The summed E-state index contributed by atoms with van der Waals surface area (Å²) in [4.78, 5) is 36.6.